The number of nitrogens with one attached hydrogen (secondary N) is 1. The molecule has 0 aromatic heterocycles. The molecule has 0 aliphatic carbocycles. The van der Waals surface area contributed by atoms with Gasteiger partial charge in [-0.05, 0) is 75.5 Å². The molecule has 1 rings (SSSR count). The Hall–Kier alpha value is -1.35. The lowest BCUT2D eigenvalue weighted by molar-refractivity contribution is -0.139. The van der Waals surface area contributed by atoms with E-state index in [1.807, 2.05) is 34.7 Å². The zero-order chi connectivity index (χ0) is 13.9. The fourth-order valence-corrected chi connectivity index (χ4v) is 2.45. The van der Waals surface area contributed by atoms with Crippen molar-refractivity contribution in [1.29, 1.82) is 0 Å². The van der Waals surface area contributed by atoms with Crippen molar-refractivity contribution >= 4 is 5.97 Å². The average molecular weight is 249 g/mol. The van der Waals surface area contributed by atoms with Gasteiger partial charge in [0.1, 0.15) is 0 Å². The Bertz CT molecular complexity index is 426. The summed E-state index contributed by atoms with van der Waals surface area (Å²) in [7, 11) is 1.85. The Kier molecular flexibility index (Phi) is 4.91. The van der Waals surface area contributed by atoms with Crippen LogP contribution in [0.1, 0.15) is 40.2 Å². The van der Waals surface area contributed by atoms with Crippen molar-refractivity contribution in [2.24, 2.45) is 0 Å². The summed E-state index contributed by atoms with van der Waals surface area (Å²) in [6, 6.07) is 2.13. The minimum Gasteiger partial charge on any atom is -0.481 e. The zero-order valence-corrected chi connectivity index (χ0v) is 11.9. The first-order chi connectivity index (χ1) is 8.40. The van der Waals surface area contributed by atoms with Gasteiger partial charge >= 0.3 is 5.97 Å². The second-order valence-electron chi connectivity index (χ2n) is 4.96. The van der Waals surface area contributed by atoms with Crippen LogP contribution in [0.4, 0.5) is 0 Å². The van der Waals surface area contributed by atoms with Gasteiger partial charge in [-0.3, -0.25) is 4.79 Å². The molecule has 0 fully saturated rings. The van der Waals surface area contributed by atoms with Gasteiger partial charge in [0.25, 0.3) is 0 Å². The predicted molar refractivity (Wildman–Crippen MR) is 74.3 cm³/mol. The standard InChI is InChI=1S/C15H23NO2/c1-9-8-10(2)12(4)14(11(9)3)13(15(17)18)6-7-16-5/h8,13,16H,6-7H2,1-5H3,(H,17,18). The molecule has 0 radical (unpaired) electrons. The van der Waals surface area contributed by atoms with E-state index in [4.69, 9.17) is 0 Å². The fourth-order valence-electron chi connectivity index (χ4n) is 2.45. The first-order valence-electron chi connectivity index (χ1n) is 6.34. The van der Waals surface area contributed by atoms with E-state index >= 15 is 0 Å². The van der Waals surface area contributed by atoms with Crippen molar-refractivity contribution < 1.29 is 9.90 Å². The van der Waals surface area contributed by atoms with Crippen LogP contribution in [0.25, 0.3) is 0 Å². The highest BCUT2D eigenvalue weighted by molar-refractivity contribution is 5.77. The SMILES string of the molecule is CNCCC(C(=O)O)c1c(C)c(C)cc(C)c1C. The third kappa shape index (κ3) is 2.91. The third-order valence-electron chi connectivity index (χ3n) is 3.75. The molecule has 3 nitrogen and oxygen atoms in total. The Morgan fingerprint density at radius 2 is 1.72 bits per heavy atom. The summed E-state index contributed by atoms with van der Waals surface area (Å²) in [6.07, 6.45) is 0.621. The summed E-state index contributed by atoms with van der Waals surface area (Å²) in [5.74, 6) is -1.16. The van der Waals surface area contributed by atoms with Gasteiger partial charge in [-0.25, -0.2) is 0 Å². The molecule has 1 unspecified atom stereocenters. The second-order valence-corrected chi connectivity index (χ2v) is 4.96. The van der Waals surface area contributed by atoms with E-state index in [1.165, 1.54) is 11.1 Å². The highest BCUT2D eigenvalue weighted by atomic mass is 16.4. The molecule has 100 valence electrons. The van der Waals surface area contributed by atoms with E-state index in [0.29, 0.717) is 13.0 Å². The molecule has 18 heavy (non-hydrogen) atoms. The van der Waals surface area contributed by atoms with E-state index in [0.717, 1.165) is 16.7 Å². The molecule has 0 heterocycles. The number of hydrogen-bond acceptors (Lipinski definition) is 2. The normalized spacial score (nSPS) is 12.5. The maximum Gasteiger partial charge on any atom is 0.311 e. The highest BCUT2D eigenvalue weighted by Crippen LogP contribution is 2.30. The molecule has 0 spiro atoms. The van der Waals surface area contributed by atoms with Crippen LogP contribution in [-0.2, 0) is 4.79 Å². The number of aryl methyl sites for hydroxylation is 2. The van der Waals surface area contributed by atoms with Gasteiger partial charge in [-0.1, -0.05) is 6.07 Å². The number of rotatable bonds is 5. The third-order valence-corrected chi connectivity index (χ3v) is 3.75. The summed E-state index contributed by atoms with van der Waals surface area (Å²) in [5.41, 5.74) is 5.56. The van der Waals surface area contributed by atoms with Crippen molar-refractivity contribution in [2.45, 2.75) is 40.0 Å². The van der Waals surface area contributed by atoms with Gasteiger partial charge in [-0.15, -0.1) is 0 Å². The number of carboxylic acids is 1. The van der Waals surface area contributed by atoms with Crippen molar-refractivity contribution in [3.8, 4) is 0 Å². The summed E-state index contributed by atoms with van der Waals surface area (Å²) in [6.45, 7) is 8.84. The molecular weight excluding hydrogens is 226 g/mol. The molecule has 3 heteroatoms. The van der Waals surface area contributed by atoms with Gasteiger partial charge in [0.15, 0.2) is 0 Å². The van der Waals surface area contributed by atoms with E-state index < -0.39 is 11.9 Å². The molecule has 0 amide bonds. The molecule has 2 N–H and O–H groups in total. The summed E-state index contributed by atoms with van der Waals surface area (Å²) in [4.78, 5) is 11.5. The lowest BCUT2D eigenvalue weighted by Crippen LogP contribution is -2.20. The topological polar surface area (TPSA) is 49.3 Å². The number of aliphatic carboxylic acids is 1. The van der Waals surface area contributed by atoms with Crippen LogP contribution in [0.2, 0.25) is 0 Å². The van der Waals surface area contributed by atoms with Crippen LogP contribution in [0.3, 0.4) is 0 Å². The number of carboxylic acid groups (broad SMARTS) is 1. The smallest absolute Gasteiger partial charge is 0.311 e. The number of hydrogen-bond donors (Lipinski definition) is 2. The molecular formula is C15H23NO2. The van der Waals surface area contributed by atoms with Gasteiger partial charge < -0.3 is 10.4 Å². The van der Waals surface area contributed by atoms with Crippen LogP contribution in [0.5, 0.6) is 0 Å². The highest BCUT2D eigenvalue weighted by Gasteiger charge is 2.24. The Morgan fingerprint density at radius 3 is 2.11 bits per heavy atom. The maximum absolute atomic E-state index is 11.5. The van der Waals surface area contributed by atoms with E-state index in [-0.39, 0.29) is 0 Å². The minimum absolute atomic E-state index is 0.420. The average Bonchev–Trinajstić information content (AvgIpc) is 2.30. The lowest BCUT2D eigenvalue weighted by atomic mass is 9.84. The van der Waals surface area contributed by atoms with Crippen LogP contribution in [-0.4, -0.2) is 24.7 Å². The summed E-state index contributed by atoms with van der Waals surface area (Å²) < 4.78 is 0. The molecule has 0 bridgehead atoms. The van der Waals surface area contributed by atoms with Crippen molar-refractivity contribution in [1.82, 2.24) is 5.32 Å². The van der Waals surface area contributed by atoms with Gasteiger partial charge in [0.2, 0.25) is 0 Å². The molecule has 0 saturated heterocycles. The first kappa shape index (κ1) is 14.7. The van der Waals surface area contributed by atoms with E-state index in [9.17, 15) is 9.90 Å². The molecule has 1 aromatic carbocycles. The van der Waals surface area contributed by atoms with Crippen molar-refractivity contribution in [3.05, 3.63) is 33.9 Å². The van der Waals surface area contributed by atoms with Crippen LogP contribution < -0.4 is 5.32 Å². The van der Waals surface area contributed by atoms with Crippen LogP contribution >= 0.6 is 0 Å². The van der Waals surface area contributed by atoms with Gasteiger partial charge in [0, 0.05) is 0 Å². The van der Waals surface area contributed by atoms with E-state index in [2.05, 4.69) is 11.4 Å². The molecule has 0 aliphatic heterocycles. The van der Waals surface area contributed by atoms with E-state index in [1.54, 1.807) is 0 Å². The Balaban J connectivity index is 3.31. The lowest BCUT2D eigenvalue weighted by Gasteiger charge is -2.21. The molecule has 1 atom stereocenters. The second kappa shape index (κ2) is 6.01. The maximum atomic E-state index is 11.5. The quantitative estimate of drug-likeness (QED) is 0.843. The molecule has 0 aliphatic rings. The number of benzene rings is 1. The molecule has 0 saturated carbocycles. The Morgan fingerprint density at radius 1 is 1.22 bits per heavy atom. The van der Waals surface area contributed by atoms with Gasteiger partial charge in [-0.2, -0.15) is 0 Å². The largest absolute Gasteiger partial charge is 0.481 e. The zero-order valence-electron chi connectivity index (χ0n) is 11.9. The first-order valence-corrected chi connectivity index (χ1v) is 6.34. The van der Waals surface area contributed by atoms with Crippen molar-refractivity contribution in [3.63, 3.8) is 0 Å². The van der Waals surface area contributed by atoms with Crippen LogP contribution in [0.15, 0.2) is 6.07 Å². The van der Waals surface area contributed by atoms with Crippen molar-refractivity contribution in [2.75, 3.05) is 13.6 Å². The fraction of sp³-hybridized carbons (Fsp3) is 0.533. The van der Waals surface area contributed by atoms with Gasteiger partial charge in [0.05, 0.1) is 5.92 Å². The van der Waals surface area contributed by atoms with Crippen LogP contribution in [0, 0.1) is 27.7 Å². The summed E-state index contributed by atoms with van der Waals surface area (Å²) >= 11 is 0. The summed E-state index contributed by atoms with van der Waals surface area (Å²) in [5, 5.41) is 12.5. The predicted octanol–water partition coefficient (Wildman–Crippen LogP) is 2.70. The monoisotopic (exact) mass is 249 g/mol. The molecule has 1 aromatic rings. The minimum atomic E-state index is -0.735. The number of carbonyl (C=O) groups is 1. The Labute approximate surface area is 109 Å².